The Labute approximate surface area is 81.0 Å². The molecule has 0 atom stereocenters. The highest BCUT2D eigenvalue weighted by atomic mass is 16.4. The number of carbonyl (C=O) groups is 1. The summed E-state index contributed by atoms with van der Waals surface area (Å²) in [5, 5.41) is 0. The highest BCUT2D eigenvalue weighted by Crippen LogP contribution is 2.18. The Morgan fingerprint density at radius 3 is 2.71 bits per heavy atom. The molecule has 0 aliphatic rings. The van der Waals surface area contributed by atoms with Gasteiger partial charge in [-0.2, -0.15) is 0 Å². The van der Waals surface area contributed by atoms with Crippen molar-refractivity contribution in [2.45, 2.75) is 20.8 Å². The van der Waals surface area contributed by atoms with E-state index in [9.17, 15) is 4.79 Å². The van der Waals surface area contributed by atoms with E-state index in [0.29, 0.717) is 17.3 Å². The molecule has 14 heavy (non-hydrogen) atoms. The van der Waals surface area contributed by atoms with Gasteiger partial charge in [0.05, 0.1) is 0 Å². The van der Waals surface area contributed by atoms with Gasteiger partial charge in [0.15, 0.2) is 11.7 Å². The van der Waals surface area contributed by atoms with E-state index in [1.54, 1.807) is 13.0 Å². The van der Waals surface area contributed by atoms with Crippen molar-refractivity contribution < 1.29 is 9.21 Å². The molecule has 0 unspecified atom stereocenters. The number of pyridine rings is 1. The van der Waals surface area contributed by atoms with E-state index in [-0.39, 0.29) is 5.78 Å². The fraction of sp³-hybridized carbons (Fsp3) is 0.300. The van der Waals surface area contributed by atoms with Crippen molar-refractivity contribution >= 4 is 17.0 Å². The molecule has 72 valence electrons. The number of aromatic nitrogens is 2. The fourth-order valence-corrected chi connectivity index (χ4v) is 1.34. The molecule has 2 aromatic heterocycles. The lowest BCUT2D eigenvalue weighted by atomic mass is 10.2. The van der Waals surface area contributed by atoms with Crippen LogP contribution in [0.25, 0.3) is 11.2 Å². The highest BCUT2D eigenvalue weighted by Gasteiger charge is 2.10. The van der Waals surface area contributed by atoms with E-state index in [1.807, 2.05) is 6.92 Å². The Morgan fingerprint density at radius 2 is 2.07 bits per heavy atom. The van der Waals surface area contributed by atoms with E-state index < -0.39 is 0 Å². The summed E-state index contributed by atoms with van der Waals surface area (Å²) in [7, 11) is 0. The second-order valence-corrected chi connectivity index (χ2v) is 3.27. The van der Waals surface area contributed by atoms with Crippen molar-refractivity contribution in [3.63, 3.8) is 0 Å². The summed E-state index contributed by atoms with van der Waals surface area (Å²) >= 11 is 0. The second-order valence-electron chi connectivity index (χ2n) is 3.27. The number of hydrogen-bond acceptors (Lipinski definition) is 4. The molecule has 0 aromatic carbocycles. The van der Waals surface area contributed by atoms with Crippen LogP contribution in [0.4, 0.5) is 0 Å². The highest BCUT2D eigenvalue weighted by molar-refractivity contribution is 5.94. The lowest BCUT2D eigenvalue weighted by Crippen LogP contribution is -1.97. The van der Waals surface area contributed by atoms with Gasteiger partial charge in [-0.1, -0.05) is 0 Å². The maximum atomic E-state index is 11.1. The van der Waals surface area contributed by atoms with Crippen molar-refractivity contribution in [2.24, 2.45) is 0 Å². The summed E-state index contributed by atoms with van der Waals surface area (Å²) in [6.45, 7) is 5.13. The minimum atomic E-state index is -0.0657. The van der Waals surface area contributed by atoms with Gasteiger partial charge >= 0.3 is 0 Å². The monoisotopic (exact) mass is 190 g/mol. The maximum absolute atomic E-state index is 11.1. The molecule has 2 aromatic rings. The second kappa shape index (κ2) is 2.90. The Morgan fingerprint density at radius 1 is 1.36 bits per heavy atom. The van der Waals surface area contributed by atoms with Crippen LogP contribution in [0.2, 0.25) is 0 Å². The number of hydrogen-bond donors (Lipinski definition) is 0. The van der Waals surface area contributed by atoms with Crippen molar-refractivity contribution in [3.05, 3.63) is 23.2 Å². The van der Waals surface area contributed by atoms with Crippen LogP contribution in [-0.4, -0.2) is 15.8 Å². The maximum Gasteiger partial charge on any atom is 0.247 e. The molecule has 4 nitrogen and oxygen atoms in total. The van der Waals surface area contributed by atoms with Crippen LogP contribution in [0.15, 0.2) is 10.5 Å². The van der Waals surface area contributed by atoms with Crippen LogP contribution in [-0.2, 0) is 0 Å². The zero-order chi connectivity index (χ0) is 10.3. The van der Waals surface area contributed by atoms with E-state index in [2.05, 4.69) is 9.97 Å². The predicted molar refractivity (Wildman–Crippen MR) is 51.3 cm³/mol. The number of rotatable bonds is 1. The Hall–Kier alpha value is -1.71. The molecule has 2 heterocycles. The van der Waals surface area contributed by atoms with Crippen LogP contribution < -0.4 is 0 Å². The molecule has 0 saturated heterocycles. The number of aryl methyl sites for hydroxylation is 2. The Balaban J connectivity index is 2.77. The third kappa shape index (κ3) is 1.28. The fourth-order valence-electron chi connectivity index (χ4n) is 1.34. The first-order valence-corrected chi connectivity index (χ1v) is 4.33. The van der Waals surface area contributed by atoms with Gasteiger partial charge in [0.2, 0.25) is 5.71 Å². The lowest BCUT2D eigenvalue weighted by Gasteiger charge is -1.96. The first-order chi connectivity index (χ1) is 6.58. The average molecular weight is 190 g/mol. The molecule has 0 spiro atoms. The molecular weight excluding hydrogens is 180 g/mol. The van der Waals surface area contributed by atoms with Gasteiger partial charge in [-0.15, -0.1) is 0 Å². The largest absolute Gasteiger partial charge is 0.423 e. The van der Waals surface area contributed by atoms with Crippen molar-refractivity contribution in [1.82, 2.24) is 9.97 Å². The third-order valence-corrected chi connectivity index (χ3v) is 2.03. The van der Waals surface area contributed by atoms with Crippen LogP contribution in [0.3, 0.4) is 0 Å². The summed E-state index contributed by atoms with van der Waals surface area (Å²) in [6.07, 6.45) is 0. The van der Waals surface area contributed by atoms with Crippen molar-refractivity contribution in [3.8, 4) is 0 Å². The van der Waals surface area contributed by atoms with Gasteiger partial charge in [-0.25, -0.2) is 9.97 Å². The van der Waals surface area contributed by atoms with Crippen LogP contribution in [0.1, 0.15) is 28.9 Å². The summed E-state index contributed by atoms with van der Waals surface area (Å²) < 4.78 is 5.27. The SMILES string of the molecule is CC(=O)c1cc(C)c2nc(C)oc2n1. The average Bonchev–Trinajstić information content (AvgIpc) is 2.45. The summed E-state index contributed by atoms with van der Waals surface area (Å²) in [5.74, 6) is 0.500. The van der Waals surface area contributed by atoms with E-state index >= 15 is 0 Å². The summed E-state index contributed by atoms with van der Waals surface area (Å²) in [5.41, 5.74) is 2.50. The third-order valence-electron chi connectivity index (χ3n) is 2.03. The summed E-state index contributed by atoms with van der Waals surface area (Å²) in [6, 6.07) is 1.73. The molecular formula is C10H10N2O2. The van der Waals surface area contributed by atoms with Gasteiger partial charge < -0.3 is 4.42 Å². The first-order valence-electron chi connectivity index (χ1n) is 4.33. The van der Waals surface area contributed by atoms with E-state index in [0.717, 1.165) is 11.1 Å². The number of nitrogens with zero attached hydrogens (tertiary/aromatic N) is 2. The molecule has 0 amide bonds. The standard InChI is InChI=1S/C10H10N2O2/c1-5-4-8(6(2)13)12-10-9(5)11-7(3)14-10/h4H,1-3H3. The number of oxazole rings is 1. The number of fused-ring (bicyclic) bond motifs is 1. The normalized spacial score (nSPS) is 10.8. The van der Waals surface area contributed by atoms with Gasteiger partial charge in [-0.05, 0) is 18.6 Å². The van der Waals surface area contributed by atoms with Gasteiger partial charge in [-0.3, -0.25) is 4.79 Å². The number of carbonyl (C=O) groups excluding carboxylic acids is 1. The molecule has 0 aliphatic carbocycles. The number of Topliss-reactive ketones (excluding diaryl/α,β-unsaturated/α-hetero) is 1. The molecule has 0 aliphatic heterocycles. The molecule has 0 bridgehead atoms. The van der Waals surface area contributed by atoms with Gasteiger partial charge in [0.25, 0.3) is 0 Å². The van der Waals surface area contributed by atoms with Crippen LogP contribution >= 0.6 is 0 Å². The Kier molecular flexibility index (Phi) is 1.84. The zero-order valence-corrected chi connectivity index (χ0v) is 8.29. The van der Waals surface area contributed by atoms with Gasteiger partial charge in [0, 0.05) is 13.8 Å². The molecule has 0 radical (unpaired) electrons. The number of ketones is 1. The lowest BCUT2D eigenvalue weighted by molar-refractivity contribution is 0.101. The predicted octanol–water partition coefficient (Wildman–Crippen LogP) is 2.04. The van der Waals surface area contributed by atoms with Crippen LogP contribution in [0.5, 0.6) is 0 Å². The van der Waals surface area contributed by atoms with Crippen LogP contribution in [0, 0.1) is 13.8 Å². The minimum Gasteiger partial charge on any atom is -0.423 e. The molecule has 0 N–H and O–H groups in total. The first kappa shape index (κ1) is 8.87. The van der Waals surface area contributed by atoms with Gasteiger partial charge in [0.1, 0.15) is 11.2 Å². The zero-order valence-electron chi connectivity index (χ0n) is 8.29. The summed E-state index contributed by atoms with van der Waals surface area (Å²) in [4.78, 5) is 19.4. The minimum absolute atomic E-state index is 0.0657. The molecule has 0 fully saturated rings. The molecule has 4 heteroatoms. The van der Waals surface area contributed by atoms with E-state index in [1.165, 1.54) is 6.92 Å². The smallest absolute Gasteiger partial charge is 0.247 e. The topological polar surface area (TPSA) is 56.0 Å². The van der Waals surface area contributed by atoms with Crippen molar-refractivity contribution in [2.75, 3.05) is 0 Å². The van der Waals surface area contributed by atoms with E-state index in [4.69, 9.17) is 4.42 Å². The molecule has 2 rings (SSSR count). The molecule has 0 saturated carbocycles. The quantitative estimate of drug-likeness (QED) is 0.645. The Bertz CT molecular complexity index is 514. The van der Waals surface area contributed by atoms with Crippen molar-refractivity contribution in [1.29, 1.82) is 0 Å².